The topological polar surface area (TPSA) is 52.6 Å². The van der Waals surface area contributed by atoms with Crippen molar-refractivity contribution < 1.29 is 19.1 Å². The second-order valence-corrected chi connectivity index (χ2v) is 9.20. The maximum absolute atomic E-state index is 12.6. The first-order valence-electron chi connectivity index (χ1n) is 10.3. The van der Waals surface area contributed by atoms with Crippen molar-refractivity contribution in [1.29, 1.82) is 0 Å². The number of rotatable bonds is 13. The molecule has 0 aromatic heterocycles. The van der Waals surface area contributed by atoms with Crippen LogP contribution in [-0.4, -0.2) is 34.4 Å². The third kappa shape index (κ3) is 7.55. The van der Waals surface area contributed by atoms with E-state index in [1.54, 1.807) is 24.3 Å². The first-order chi connectivity index (χ1) is 14.5. The van der Waals surface area contributed by atoms with Crippen LogP contribution in [0.1, 0.15) is 60.2 Å². The highest BCUT2D eigenvalue weighted by Crippen LogP contribution is 2.23. The number of halogens is 2. The number of carbonyl (C=O) groups excluding carboxylic acids is 2. The third-order valence-electron chi connectivity index (χ3n) is 4.47. The minimum atomic E-state index is -0.349. The minimum absolute atomic E-state index is 0.00150. The number of ketones is 2. The lowest BCUT2D eigenvalue weighted by atomic mass is 10.0. The molecule has 0 heterocycles. The molecule has 0 aliphatic heterocycles. The summed E-state index contributed by atoms with van der Waals surface area (Å²) in [6, 6.07) is 14.4. The van der Waals surface area contributed by atoms with Crippen molar-refractivity contribution in [2.45, 2.75) is 49.2 Å². The Balaban J connectivity index is 1.85. The van der Waals surface area contributed by atoms with Crippen LogP contribution < -0.4 is 9.47 Å². The zero-order valence-corrected chi connectivity index (χ0v) is 20.6. The first kappa shape index (κ1) is 24.6. The van der Waals surface area contributed by atoms with Gasteiger partial charge in [0.15, 0.2) is 11.6 Å². The molecule has 0 unspecified atom stereocenters. The standard InChI is InChI=1S/C24H28Br2O4/c1-3-15-29-19-9-5-17(6-10-19)23(27)21(25)13-14-22(26)24(28)18-7-11-20(12-8-18)30-16-4-2/h5-12,21-22H,3-4,13-16H2,1-2H3/t21-,22-/m0/s1. The van der Waals surface area contributed by atoms with Crippen molar-refractivity contribution >= 4 is 43.4 Å². The Morgan fingerprint density at radius 3 is 1.33 bits per heavy atom. The van der Waals surface area contributed by atoms with Crippen LogP contribution >= 0.6 is 31.9 Å². The summed E-state index contributed by atoms with van der Waals surface area (Å²) in [4.78, 5) is 24.6. The van der Waals surface area contributed by atoms with E-state index in [0.29, 0.717) is 37.2 Å². The molecule has 0 radical (unpaired) electrons. The summed E-state index contributed by atoms with van der Waals surface area (Å²) in [7, 11) is 0. The smallest absolute Gasteiger partial charge is 0.176 e. The fraction of sp³-hybridized carbons (Fsp3) is 0.417. The average molecular weight is 540 g/mol. The maximum atomic E-state index is 12.6. The van der Waals surface area contributed by atoms with Crippen molar-refractivity contribution in [2.75, 3.05) is 13.2 Å². The molecule has 162 valence electrons. The summed E-state index contributed by atoms with van der Waals surface area (Å²) >= 11 is 6.96. The number of carbonyl (C=O) groups is 2. The van der Waals surface area contributed by atoms with E-state index in [-0.39, 0.29) is 21.2 Å². The highest BCUT2D eigenvalue weighted by molar-refractivity contribution is 9.10. The van der Waals surface area contributed by atoms with Gasteiger partial charge in [-0.3, -0.25) is 9.59 Å². The molecule has 2 aromatic carbocycles. The van der Waals surface area contributed by atoms with Gasteiger partial charge >= 0.3 is 0 Å². The predicted molar refractivity (Wildman–Crippen MR) is 128 cm³/mol. The quantitative estimate of drug-likeness (QED) is 0.211. The average Bonchev–Trinajstić information content (AvgIpc) is 2.79. The lowest BCUT2D eigenvalue weighted by Crippen LogP contribution is -2.19. The fourth-order valence-electron chi connectivity index (χ4n) is 2.79. The highest BCUT2D eigenvalue weighted by atomic mass is 79.9. The van der Waals surface area contributed by atoms with Gasteiger partial charge in [-0.05, 0) is 74.2 Å². The molecular weight excluding hydrogens is 512 g/mol. The van der Waals surface area contributed by atoms with E-state index < -0.39 is 0 Å². The number of hydrogen-bond donors (Lipinski definition) is 0. The largest absolute Gasteiger partial charge is 0.494 e. The van der Waals surface area contributed by atoms with Gasteiger partial charge in [0.05, 0.1) is 22.9 Å². The minimum Gasteiger partial charge on any atom is -0.494 e. The second kappa shape index (κ2) is 12.9. The summed E-state index contributed by atoms with van der Waals surface area (Å²) in [5.74, 6) is 1.52. The van der Waals surface area contributed by atoms with E-state index in [2.05, 4.69) is 31.9 Å². The van der Waals surface area contributed by atoms with Gasteiger partial charge in [0.25, 0.3) is 0 Å². The Hall–Kier alpha value is -1.66. The number of alkyl halides is 2. The Kier molecular flexibility index (Phi) is 10.6. The van der Waals surface area contributed by atoms with E-state index >= 15 is 0 Å². The molecule has 4 nitrogen and oxygen atoms in total. The van der Waals surface area contributed by atoms with Crippen LogP contribution in [0.3, 0.4) is 0 Å². The summed E-state index contributed by atoms with van der Waals surface area (Å²) in [5.41, 5.74) is 1.25. The van der Waals surface area contributed by atoms with Gasteiger partial charge in [-0.2, -0.15) is 0 Å². The molecule has 0 N–H and O–H groups in total. The summed E-state index contributed by atoms with van der Waals surface area (Å²) in [6.07, 6.45) is 2.97. The maximum Gasteiger partial charge on any atom is 0.176 e. The van der Waals surface area contributed by atoms with Crippen LogP contribution in [0.25, 0.3) is 0 Å². The van der Waals surface area contributed by atoms with Crippen LogP contribution in [0.15, 0.2) is 48.5 Å². The van der Waals surface area contributed by atoms with Crippen LogP contribution in [0.5, 0.6) is 11.5 Å². The van der Waals surface area contributed by atoms with Gasteiger partial charge in [0.1, 0.15) is 11.5 Å². The van der Waals surface area contributed by atoms with Crippen molar-refractivity contribution in [2.24, 2.45) is 0 Å². The van der Waals surface area contributed by atoms with E-state index in [1.807, 2.05) is 38.1 Å². The molecule has 0 aliphatic carbocycles. The normalized spacial score (nSPS) is 12.8. The predicted octanol–water partition coefficient (Wildman–Crippen LogP) is 6.64. The van der Waals surface area contributed by atoms with E-state index in [0.717, 1.165) is 24.3 Å². The second-order valence-electron chi connectivity index (χ2n) is 6.99. The van der Waals surface area contributed by atoms with Crippen molar-refractivity contribution in [3.05, 3.63) is 59.7 Å². The van der Waals surface area contributed by atoms with Gasteiger partial charge in [0, 0.05) is 11.1 Å². The summed E-state index contributed by atoms with van der Waals surface area (Å²) in [6.45, 7) is 5.41. The molecule has 2 aromatic rings. The van der Waals surface area contributed by atoms with Gasteiger partial charge < -0.3 is 9.47 Å². The van der Waals surface area contributed by atoms with Gasteiger partial charge in [0.2, 0.25) is 0 Å². The molecule has 2 atom stereocenters. The molecular formula is C24H28Br2O4. The molecule has 0 amide bonds. The number of Topliss-reactive ketones (excluding diaryl/α,β-unsaturated/α-hetero) is 2. The summed E-state index contributed by atoms with van der Waals surface area (Å²) in [5, 5.41) is 0. The molecule has 0 spiro atoms. The van der Waals surface area contributed by atoms with Crippen molar-refractivity contribution in [3.63, 3.8) is 0 Å². The van der Waals surface area contributed by atoms with Gasteiger partial charge in [-0.1, -0.05) is 45.7 Å². The molecule has 0 saturated carbocycles. The Morgan fingerprint density at radius 2 is 1.03 bits per heavy atom. The van der Waals surface area contributed by atoms with Gasteiger partial charge in [-0.25, -0.2) is 0 Å². The van der Waals surface area contributed by atoms with Crippen LogP contribution in [0.2, 0.25) is 0 Å². The monoisotopic (exact) mass is 538 g/mol. The van der Waals surface area contributed by atoms with Gasteiger partial charge in [-0.15, -0.1) is 0 Å². The van der Waals surface area contributed by atoms with Crippen LogP contribution in [0.4, 0.5) is 0 Å². The van der Waals surface area contributed by atoms with E-state index in [4.69, 9.17) is 9.47 Å². The van der Waals surface area contributed by atoms with Crippen LogP contribution in [0, 0.1) is 0 Å². The molecule has 0 saturated heterocycles. The molecule has 6 heteroatoms. The summed E-state index contributed by atoms with van der Waals surface area (Å²) < 4.78 is 11.1. The Labute approximate surface area is 195 Å². The Morgan fingerprint density at radius 1 is 0.700 bits per heavy atom. The molecule has 0 aliphatic rings. The molecule has 0 bridgehead atoms. The number of benzene rings is 2. The Bertz CT molecular complexity index is 733. The lowest BCUT2D eigenvalue weighted by molar-refractivity contribution is 0.0965. The number of ether oxygens (including phenoxy) is 2. The fourth-order valence-corrected chi connectivity index (χ4v) is 3.84. The molecule has 30 heavy (non-hydrogen) atoms. The molecule has 2 rings (SSSR count). The van der Waals surface area contributed by atoms with Crippen LogP contribution in [-0.2, 0) is 0 Å². The van der Waals surface area contributed by atoms with Crippen molar-refractivity contribution in [1.82, 2.24) is 0 Å². The van der Waals surface area contributed by atoms with E-state index in [1.165, 1.54) is 0 Å². The van der Waals surface area contributed by atoms with E-state index in [9.17, 15) is 9.59 Å². The number of hydrogen-bond acceptors (Lipinski definition) is 4. The van der Waals surface area contributed by atoms with Crippen molar-refractivity contribution in [3.8, 4) is 11.5 Å². The first-order valence-corrected chi connectivity index (χ1v) is 12.1. The lowest BCUT2D eigenvalue weighted by Gasteiger charge is -2.13. The third-order valence-corrected chi connectivity index (χ3v) is 6.21. The molecule has 0 fully saturated rings. The highest BCUT2D eigenvalue weighted by Gasteiger charge is 2.22. The SMILES string of the molecule is CCCOc1ccc(C(=O)[C@@H](Br)CC[C@H](Br)C(=O)c2ccc(OCCC)cc2)cc1. The zero-order chi connectivity index (χ0) is 21.9. The zero-order valence-electron chi connectivity index (χ0n) is 17.4.